The SMILES string of the molecule is Cc1ncc(C(=O)N(CCO)C2CCCC2)s1. The van der Waals surface area contributed by atoms with Crippen LogP contribution in [0.3, 0.4) is 0 Å². The molecule has 94 valence electrons. The van der Waals surface area contributed by atoms with E-state index in [9.17, 15) is 4.79 Å². The first-order chi connectivity index (χ1) is 8.22. The highest BCUT2D eigenvalue weighted by molar-refractivity contribution is 7.13. The van der Waals surface area contributed by atoms with Gasteiger partial charge in [0.15, 0.2) is 0 Å². The van der Waals surface area contributed by atoms with E-state index < -0.39 is 0 Å². The Morgan fingerprint density at radius 2 is 2.29 bits per heavy atom. The third-order valence-corrected chi connectivity index (χ3v) is 4.10. The molecular formula is C12H18N2O2S. The Morgan fingerprint density at radius 1 is 1.59 bits per heavy atom. The number of aryl methyl sites for hydroxylation is 1. The molecule has 1 fully saturated rings. The van der Waals surface area contributed by atoms with Crippen LogP contribution in [0.1, 0.15) is 40.4 Å². The minimum Gasteiger partial charge on any atom is -0.395 e. The molecule has 0 spiro atoms. The predicted molar refractivity (Wildman–Crippen MR) is 67.2 cm³/mol. The van der Waals surface area contributed by atoms with E-state index in [0.717, 1.165) is 17.8 Å². The number of aliphatic hydroxyl groups excluding tert-OH is 1. The number of thiazole rings is 1. The van der Waals surface area contributed by atoms with E-state index in [1.165, 1.54) is 24.2 Å². The quantitative estimate of drug-likeness (QED) is 0.892. The Bertz CT molecular complexity index is 386. The number of rotatable bonds is 4. The molecule has 1 saturated carbocycles. The molecule has 1 aromatic heterocycles. The summed E-state index contributed by atoms with van der Waals surface area (Å²) >= 11 is 1.42. The fourth-order valence-corrected chi connectivity index (χ4v) is 3.11. The zero-order valence-corrected chi connectivity index (χ0v) is 10.9. The third-order valence-electron chi connectivity index (χ3n) is 3.20. The van der Waals surface area contributed by atoms with E-state index in [4.69, 9.17) is 5.11 Å². The Morgan fingerprint density at radius 3 is 2.82 bits per heavy atom. The second kappa shape index (κ2) is 5.60. The van der Waals surface area contributed by atoms with Gasteiger partial charge in [0.25, 0.3) is 5.91 Å². The second-order valence-corrected chi connectivity index (χ2v) is 5.64. The van der Waals surface area contributed by atoms with E-state index in [-0.39, 0.29) is 12.5 Å². The lowest BCUT2D eigenvalue weighted by molar-refractivity contribution is 0.0643. The number of aliphatic hydroxyl groups is 1. The van der Waals surface area contributed by atoms with Crippen LogP contribution in [0.2, 0.25) is 0 Å². The number of carbonyl (C=O) groups is 1. The van der Waals surface area contributed by atoms with E-state index in [1.54, 1.807) is 6.20 Å². The zero-order chi connectivity index (χ0) is 12.3. The van der Waals surface area contributed by atoms with Gasteiger partial charge >= 0.3 is 0 Å². The van der Waals surface area contributed by atoms with Crippen LogP contribution in [0.15, 0.2) is 6.20 Å². The summed E-state index contributed by atoms with van der Waals surface area (Å²) in [6, 6.07) is 0.303. The molecule has 1 amide bonds. The van der Waals surface area contributed by atoms with Crippen molar-refractivity contribution < 1.29 is 9.90 Å². The highest BCUT2D eigenvalue weighted by Crippen LogP contribution is 2.25. The number of nitrogens with zero attached hydrogens (tertiary/aromatic N) is 2. The summed E-state index contributed by atoms with van der Waals surface area (Å²) in [5, 5.41) is 10.00. The number of carbonyl (C=O) groups excluding carboxylic acids is 1. The smallest absolute Gasteiger partial charge is 0.265 e. The van der Waals surface area contributed by atoms with Gasteiger partial charge in [-0.3, -0.25) is 4.79 Å². The first-order valence-corrected chi connectivity index (χ1v) is 6.88. The van der Waals surface area contributed by atoms with Gasteiger partial charge in [-0.2, -0.15) is 0 Å². The van der Waals surface area contributed by atoms with Crippen LogP contribution in [-0.4, -0.2) is 40.1 Å². The standard InChI is InChI=1S/C12H18N2O2S/c1-9-13-8-11(17-9)12(16)14(6-7-15)10-4-2-3-5-10/h8,10,15H,2-7H2,1H3. The third kappa shape index (κ3) is 2.84. The van der Waals surface area contributed by atoms with Gasteiger partial charge in [-0.25, -0.2) is 4.98 Å². The Balaban J connectivity index is 2.12. The van der Waals surface area contributed by atoms with Gasteiger partial charge < -0.3 is 10.0 Å². The normalized spacial score (nSPS) is 16.4. The molecule has 1 aliphatic rings. The number of hydrogen-bond acceptors (Lipinski definition) is 4. The zero-order valence-electron chi connectivity index (χ0n) is 10.1. The predicted octanol–water partition coefficient (Wildman–Crippen LogP) is 1.83. The molecule has 1 N–H and O–H groups in total. The van der Waals surface area contributed by atoms with Crippen LogP contribution in [0, 0.1) is 6.92 Å². The molecule has 0 aromatic carbocycles. The van der Waals surface area contributed by atoms with Crippen molar-refractivity contribution in [2.45, 2.75) is 38.6 Å². The minimum atomic E-state index is 0.0246. The molecular weight excluding hydrogens is 236 g/mol. The largest absolute Gasteiger partial charge is 0.395 e. The lowest BCUT2D eigenvalue weighted by atomic mass is 10.2. The first-order valence-electron chi connectivity index (χ1n) is 6.06. The van der Waals surface area contributed by atoms with Gasteiger partial charge in [0.2, 0.25) is 0 Å². The van der Waals surface area contributed by atoms with Crippen molar-refractivity contribution in [3.63, 3.8) is 0 Å². The van der Waals surface area contributed by atoms with Gasteiger partial charge in [-0.15, -0.1) is 11.3 Å². The molecule has 5 heteroatoms. The average molecular weight is 254 g/mol. The lowest BCUT2D eigenvalue weighted by Gasteiger charge is -2.27. The summed E-state index contributed by atoms with van der Waals surface area (Å²) in [6.45, 7) is 2.36. The van der Waals surface area contributed by atoms with Gasteiger partial charge in [0, 0.05) is 12.6 Å². The maximum absolute atomic E-state index is 12.3. The molecule has 1 heterocycles. The molecule has 0 saturated heterocycles. The molecule has 17 heavy (non-hydrogen) atoms. The fourth-order valence-electron chi connectivity index (χ4n) is 2.38. The summed E-state index contributed by atoms with van der Waals surface area (Å²) in [4.78, 5) is 18.9. The van der Waals surface area contributed by atoms with Crippen LogP contribution in [0.5, 0.6) is 0 Å². The number of hydrogen-bond donors (Lipinski definition) is 1. The minimum absolute atomic E-state index is 0.0246. The molecule has 0 aliphatic heterocycles. The maximum atomic E-state index is 12.3. The molecule has 0 unspecified atom stereocenters. The second-order valence-electron chi connectivity index (χ2n) is 4.40. The summed E-state index contributed by atoms with van der Waals surface area (Å²) < 4.78 is 0. The van der Waals surface area contributed by atoms with Gasteiger partial charge in [0.1, 0.15) is 4.88 Å². The topological polar surface area (TPSA) is 53.4 Å². The van der Waals surface area contributed by atoms with E-state index in [1.807, 2.05) is 11.8 Å². The van der Waals surface area contributed by atoms with Crippen molar-refractivity contribution in [1.82, 2.24) is 9.88 Å². The monoisotopic (exact) mass is 254 g/mol. The molecule has 1 aromatic rings. The highest BCUT2D eigenvalue weighted by atomic mass is 32.1. The highest BCUT2D eigenvalue weighted by Gasteiger charge is 2.27. The van der Waals surface area contributed by atoms with Gasteiger partial charge in [-0.1, -0.05) is 12.8 Å². The maximum Gasteiger partial charge on any atom is 0.265 e. The van der Waals surface area contributed by atoms with Gasteiger partial charge in [-0.05, 0) is 19.8 Å². The lowest BCUT2D eigenvalue weighted by Crippen LogP contribution is -2.40. The molecule has 0 bridgehead atoms. The Kier molecular flexibility index (Phi) is 4.12. The Hall–Kier alpha value is -0.940. The van der Waals surface area contributed by atoms with Crippen molar-refractivity contribution in [2.24, 2.45) is 0 Å². The van der Waals surface area contributed by atoms with Crippen LogP contribution in [0.4, 0.5) is 0 Å². The van der Waals surface area contributed by atoms with Crippen molar-refractivity contribution in [1.29, 1.82) is 0 Å². The van der Waals surface area contributed by atoms with Crippen molar-refractivity contribution >= 4 is 17.2 Å². The van der Waals surface area contributed by atoms with Crippen molar-refractivity contribution in [3.05, 3.63) is 16.1 Å². The Labute approximate surface area is 105 Å². The van der Waals surface area contributed by atoms with Crippen LogP contribution < -0.4 is 0 Å². The number of aromatic nitrogens is 1. The van der Waals surface area contributed by atoms with E-state index in [2.05, 4.69) is 4.98 Å². The van der Waals surface area contributed by atoms with Crippen LogP contribution in [0.25, 0.3) is 0 Å². The number of amides is 1. The molecule has 0 atom stereocenters. The molecule has 1 aliphatic carbocycles. The van der Waals surface area contributed by atoms with E-state index >= 15 is 0 Å². The van der Waals surface area contributed by atoms with Crippen molar-refractivity contribution in [3.8, 4) is 0 Å². The van der Waals surface area contributed by atoms with Gasteiger partial charge in [0.05, 0.1) is 17.8 Å². The summed E-state index contributed by atoms with van der Waals surface area (Å²) in [6.07, 6.45) is 6.12. The molecule has 2 rings (SSSR count). The molecule has 4 nitrogen and oxygen atoms in total. The fraction of sp³-hybridized carbons (Fsp3) is 0.667. The summed E-state index contributed by atoms with van der Waals surface area (Å²) in [5.74, 6) is 0.0246. The van der Waals surface area contributed by atoms with Crippen LogP contribution >= 0.6 is 11.3 Å². The summed E-state index contributed by atoms with van der Waals surface area (Å²) in [5.41, 5.74) is 0. The van der Waals surface area contributed by atoms with E-state index in [0.29, 0.717) is 17.5 Å². The molecule has 0 radical (unpaired) electrons. The van der Waals surface area contributed by atoms with Crippen LogP contribution in [-0.2, 0) is 0 Å². The summed E-state index contributed by atoms with van der Waals surface area (Å²) in [7, 11) is 0. The average Bonchev–Trinajstić information content (AvgIpc) is 2.95. The first kappa shape index (κ1) is 12.5. The van der Waals surface area contributed by atoms with Crippen molar-refractivity contribution in [2.75, 3.05) is 13.2 Å².